The maximum absolute atomic E-state index is 12.8. The number of benzene rings is 1. The van der Waals surface area contributed by atoms with Crippen LogP contribution in [-0.4, -0.2) is 52.5 Å². The number of amides is 3. The zero-order valence-corrected chi connectivity index (χ0v) is 17.9. The lowest BCUT2D eigenvalue weighted by molar-refractivity contribution is -0.123. The maximum atomic E-state index is 12.8. The fourth-order valence-corrected chi connectivity index (χ4v) is 3.66. The van der Waals surface area contributed by atoms with Crippen LogP contribution in [0.1, 0.15) is 51.7 Å². The van der Waals surface area contributed by atoms with Crippen LogP contribution in [0.4, 0.5) is 4.79 Å². The van der Waals surface area contributed by atoms with E-state index < -0.39 is 19.1 Å². The average molecular weight is 403 g/mol. The van der Waals surface area contributed by atoms with Gasteiger partial charge in [0.05, 0.1) is 5.94 Å². The summed E-state index contributed by atoms with van der Waals surface area (Å²) >= 11 is 0. The Kier molecular flexibility index (Phi) is 8.52. The van der Waals surface area contributed by atoms with E-state index in [1.54, 1.807) is 4.90 Å². The van der Waals surface area contributed by atoms with Crippen LogP contribution < -0.4 is 10.6 Å². The van der Waals surface area contributed by atoms with Gasteiger partial charge in [-0.25, -0.2) is 4.79 Å². The van der Waals surface area contributed by atoms with E-state index in [9.17, 15) is 19.6 Å². The van der Waals surface area contributed by atoms with Gasteiger partial charge >= 0.3 is 13.1 Å². The summed E-state index contributed by atoms with van der Waals surface area (Å²) in [6, 6.07) is 7.06. The third-order valence-corrected chi connectivity index (χ3v) is 5.15. The summed E-state index contributed by atoms with van der Waals surface area (Å²) in [4.78, 5) is 27.4. The fourth-order valence-electron chi connectivity index (χ4n) is 3.66. The summed E-state index contributed by atoms with van der Waals surface area (Å²) in [7, 11) is -1.64. The second kappa shape index (κ2) is 10.6. The molecule has 2 atom stereocenters. The van der Waals surface area contributed by atoms with Crippen molar-refractivity contribution in [3.63, 3.8) is 0 Å². The topological polar surface area (TPSA) is 102 Å². The molecule has 1 aliphatic heterocycles. The van der Waals surface area contributed by atoms with E-state index in [2.05, 4.69) is 16.7 Å². The van der Waals surface area contributed by atoms with E-state index in [4.69, 9.17) is 0 Å². The smallest absolute Gasteiger partial charge is 0.426 e. The maximum Gasteiger partial charge on any atom is 0.475 e. The van der Waals surface area contributed by atoms with Crippen LogP contribution in [0.2, 0.25) is 0 Å². The van der Waals surface area contributed by atoms with Gasteiger partial charge < -0.3 is 25.6 Å². The zero-order valence-electron chi connectivity index (χ0n) is 17.9. The van der Waals surface area contributed by atoms with Crippen LogP contribution in [0.3, 0.4) is 0 Å². The highest BCUT2D eigenvalue weighted by molar-refractivity contribution is 6.43. The third-order valence-electron chi connectivity index (χ3n) is 5.15. The lowest BCUT2D eigenvalue weighted by atomic mass is 9.75. The molecule has 0 aliphatic carbocycles. The molecule has 0 fully saturated rings. The van der Waals surface area contributed by atoms with E-state index in [0.29, 0.717) is 25.9 Å². The van der Waals surface area contributed by atoms with Gasteiger partial charge in [0, 0.05) is 13.1 Å². The quantitative estimate of drug-likeness (QED) is 0.497. The molecule has 0 bridgehead atoms. The van der Waals surface area contributed by atoms with E-state index >= 15 is 0 Å². The van der Waals surface area contributed by atoms with Crippen molar-refractivity contribution in [2.45, 2.75) is 65.5 Å². The van der Waals surface area contributed by atoms with Crippen LogP contribution in [0.25, 0.3) is 0 Å². The molecule has 1 aromatic rings. The van der Waals surface area contributed by atoms with Crippen molar-refractivity contribution < 1.29 is 19.6 Å². The molecule has 0 saturated heterocycles. The molecule has 0 unspecified atom stereocenters. The second-order valence-corrected chi connectivity index (χ2v) is 8.73. The van der Waals surface area contributed by atoms with Gasteiger partial charge in [-0.05, 0) is 42.2 Å². The Labute approximate surface area is 174 Å². The van der Waals surface area contributed by atoms with Crippen molar-refractivity contribution >= 4 is 19.1 Å². The van der Waals surface area contributed by atoms with Gasteiger partial charge in [-0.3, -0.25) is 4.79 Å². The van der Waals surface area contributed by atoms with Gasteiger partial charge in [0.1, 0.15) is 6.04 Å². The number of rotatable bonds is 8. The van der Waals surface area contributed by atoms with Crippen LogP contribution >= 0.6 is 0 Å². The zero-order chi connectivity index (χ0) is 21.6. The molecule has 160 valence electrons. The van der Waals surface area contributed by atoms with Crippen molar-refractivity contribution in [1.29, 1.82) is 0 Å². The molecule has 4 N–H and O–H groups in total. The first-order valence-corrected chi connectivity index (χ1v) is 10.5. The monoisotopic (exact) mass is 403 g/mol. The van der Waals surface area contributed by atoms with Gasteiger partial charge in [-0.15, -0.1) is 0 Å². The predicted octanol–water partition coefficient (Wildman–Crippen LogP) is 1.71. The SMILES string of the molecule is CC(C)C[C@H](NC(=O)[C@H](CC(C)C)NC(=O)N1CCc2ccccc2C1)B(O)O. The fraction of sp³-hybridized carbons (Fsp3) is 0.619. The van der Waals surface area contributed by atoms with Crippen molar-refractivity contribution in [2.24, 2.45) is 11.8 Å². The lowest BCUT2D eigenvalue weighted by Gasteiger charge is -2.31. The summed E-state index contributed by atoms with van der Waals surface area (Å²) in [5, 5.41) is 24.8. The molecule has 29 heavy (non-hydrogen) atoms. The molecule has 7 nitrogen and oxygen atoms in total. The highest BCUT2D eigenvalue weighted by Crippen LogP contribution is 2.19. The summed E-state index contributed by atoms with van der Waals surface area (Å²) in [5.41, 5.74) is 2.38. The molecule has 0 saturated carbocycles. The van der Waals surface area contributed by atoms with Crippen molar-refractivity contribution in [3.8, 4) is 0 Å². The Hall–Kier alpha value is -2.06. The summed E-state index contributed by atoms with van der Waals surface area (Å²) < 4.78 is 0. The number of fused-ring (bicyclic) bond motifs is 1. The van der Waals surface area contributed by atoms with Gasteiger partial charge in [0.25, 0.3) is 0 Å². The van der Waals surface area contributed by atoms with Crippen molar-refractivity contribution in [1.82, 2.24) is 15.5 Å². The molecule has 2 rings (SSSR count). The largest absolute Gasteiger partial charge is 0.475 e. The molecule has 1 heterocycles. The van der Waals surface area contributed by atoms with Gasteiger partial charge in [0.2, 0.25) is 5.91 Å². The average Bonchev–Trinajstić information content (AvgIpc) is 2.65. The molecule has 1 aliphatic rings. The molecule has 0 spiro atoms. The van der Waals surface area contributed by atoms with E-state index in [-0.39, 0.29) is 23.8 Å². The van der Waals surface area contributed by atoms with Crippen LogP contribution in [0.5, 0.6) is 0 Å². The number of carbonyl (C=O) groups excluding carboxylic acids is 2. The van der Waals surface area contributed by atoms with Gasteiger partial charge in [0.15, 0.2) is 0 Å². The van der Waals surface area contributed by atoms with E-state index in [0.717, 1.165) is 12.0 Å². The summed E-state index contributed by atoms with van der Waals surface area (Å²) in [6.07, 6.45) is 1.70. The number of carbonyl (C=O) groups is 2. The number of urea groups is 1. The van der Waals surface area contributed by atoms with Crippen LogP contribution in [-0.2, 0) is 17.8 Å². The summed E-state index contributed by atoms with van der Waals surface area (Å²) in [5.74, 6) is -0.775. The minimum atomic E-state index is -1.64. The number of nitrogens with one attached hydrogen (secondary N) is 2. The highest BCUT2D eigenvalue weighted by atomic mass is 16.4. The Morgan fingerprint density at radius 2 is 1.66 bits per heavy atom. The van der Waals surface area contributed by atoms with Crippen molar-refractivity contribution in [3.05, 3.63) is 35.4 Å². The third kappa shape index (κ3) is 7.05. The normalized spacial score (nSPS) is 15.7. The number of nitrogens with zero attached hydrogens (tertiary/aromatic N) is 1. The first-order valence-electron chi connectivity index (χ1n) is 10.5. The van der Waals surface area contributed by atoms with E-state index in [1.807, 2.05) is 45.9 Å². The standard InChI is InChI=1S/C21H34BN3O4/c1-14(2)11-18(20(26)24-19(22(28)29)12-15(3)4)23-21(27)25-10-9-16-7-5-6-8-17(16)13-25/h5-8,14-15,18-19,28-29H,9-13H2,1-4H3,(H,23,27)(H,24,26)/t18-,19-/m0/s1. The first-order chi connectivity index (χ1) is 13.7. The molecule has 8 heteroatoms. The number of hydrogen-bond donors (Lipinski definition) is 4. The van der Waals surface area contributed by atoms with Gasteiger partial charge in [-0.1, -0.05) is 52.0 Å². The van der Waals surface area contributed by atoms with Crippen molar-refractivity contribution in [2.75, 3.05) is 6.54 Å². The Morgan fingerprint density at radius 1 is 1.03 bits per heavy atom. The Morgan fingerprint density at radius 3 is 2.24 bits per heavy atom. The lowest BCUT2D eigenvalue weighted by Crippen LogP contribution is -2.56. The number of hydrogen-bond acceptors (Lipinski definition) is 4. The minimum Gasteiger partial charge on any atom is -0.426 e. The molecule has 0 aromatic heterocycles. The highest BCUT2D eigenvalue weighted by Gasteiger charge is 2.31. The van der Waals surface area contributed by atoms with Crippen LogP contribution in [0, 0.1) is 11.8 Å². The molecule has 3 amide bonds. The minimum absolute atomic E-state index is 0.189. The molecular formula is C21H34BN3O4. The van der Waals surface area contributed by atoms with Gasteiger partial charge in [-0.2, -0.15) is 0 Å². The summed E-state index contributed by atoms with van der Waals surface area (Å²) in [6.45, 7) is 8.98. The molecule has 1 aromatic carbocycles. The predicted molar refractivity (Wildman–Crippen MR) is 114 cm³/mol. The first kappa shape index (κ1) is 23.2. The Bertz CT molecular complexity index is 696. The Balaban J connectivity index is 2.03. The molecule has 0 radical (unpaired) electrons. The second-order valence-electron chi connectivity index (χ2n) is 8.73. The molecular weight excluding hydrogens is 369 g/mol. The van der Waals surface area contributed by atoms with Crippen LogP contribution in [0.15, 0.2) is 24.3 Å². The van der Waals surface area contributed by atoms with E-state index in [1.165, 1.54) is 5.56 Å².